The van der Waals surface area contributed by atoms with Crippen LogP contribution in [0.3, 0.4) is 0 Å². The SMILES string of the molecule is CCNc1ncc(C)c(N2CCCC(C)C2C)n1. The van der Waals surface area contributed by atoms with Gasteiger partial charge in [0.05, 0.1) is 0 Å². The normalized spacial score (nSPS) is 24.1. The van der Waals surface area contributed by atoms with Gasteiger partial charge < -0.3 is 10.2 Å². The van der Waals surface area contributed by atoms with Crippen LogP contribution in [0.4, 0.5) is 11.8 Å². The second kappa shape index (κ2) is 5.55. The minimum atomic E-state index is 0.557. The molecule has 1 aliphatic heterocycles. The Morgan fingerprint density at radius 2 is 2.22 bits per heavy atom. The van der Waals surface area contributed by atoms with Gasteiger partial charge >= 0.3 is 0 Å². The zero-order chi connectivity index (χ0) is 13.1. The van der Waals surface area contributed by atoms with Crippen LogP contribution in [0.15, 0.2) is 6.20 Å². The van der Waals surface area contributed by atoms with Crippen molar-refractivity contribution in [2.75, 3.05) is 23.3 Å². The molecule has 0 amide bonds. The van der Waals surface area contributed by atoms with Gasteiger partial charge in [0, 0.05) is 30.9 Å². The Morgan fingerprint density at radius 1 is 1.44 bits per heavy atom. The van der Waals surface area contributed by atoms with Crippen molar-refractivity contribution in [3.63, 3.8) is 0 Å². The van der Waals surface area contributed by atoms with Crippen molar-refractivity contribution in [2.24, 2.45) is 5.92 Å². The summed E-state index contributed by atoms with van der Waals surface area (Å²) >= 11 is 0. The molecule has 4 heteroatoms. The molecule has 100 valence electrons. The van der Waals surface area contributed by atoms with E-state index < -0.39 is 0 Å². The molecule has 1 fully saturated rings. The maximum atomic E-state index is 4.67. The molecule has 0 bridgehead atoms. The Kier molecular flexibility index (Phi) is 4.04. The van der Waals surface area contributed by atoms with Crippen LogP contribution in [0.25, 0.3) is 0 Å². The minimum absolute atomic E-state index is 0.557. The zero-order valence-corrected chi connectivity index (χ0v) is 11.9. The molecule has 1 aliphatic rings. The number of nitrogens with one attached hydrogen (secondary N) is 1. The summed E-state index contributed by atoms with van der Waals surface area (Å²) in [5.41, 5.74) is 1.16. The molecule has 0 aliphatic carbocycles. The highest BCUT2D eigenvalue weighted by Crippen LogP contribution is 2.29. The molecule has 1 aromatic rings. The van der Waals surface area contributed by atoms with Gasteiger partial charge in [-0.15, -0.1) is 0 Å². The standard InChI is InChI=1S/C14H24N4/c1-5-15-14-16-9-11(3)13(17-14)18-8-6-7-10(2)12(18)4/h9-10,12H,5-8H2,1-4H3,(H,15,16,17). The maximum Gasteiger partial charge on any atom is 0.224 e. The predicted molar refractivity (Wildman–Crippen MR) is 76.1 cm³/mol. The third-order valence-electron chi connectivity index (χ3n) is 3.93. The Hall–Kier alpha value is -1.32. The van der Waals surface area contributed by atoms with Crippen molar-refractivity contribution in [3.05, 3.63) is 11.8 Å². The molecule has 1 N–H and O–H groups in total. The van der Waals surface area contributed by atoms with Gasteiger partial charge in [-0.3, -0.25) is 0 Å². The number of aromatic nitrogens is 2. The van der Waals surface area contributed by atoms with Crippen LogP contribution in [-0.2, 0) is 0 Å². The quantitative estimate of drug-likeness (QED) is 0.893. The predicted octanol–water partition coefficient (Wildman–Crippen LogP) is 2.84. The first kappa shape index (κ1) is 13.1. The van der Waals surface area contributed by atoms with E-state index >= 15 is 0 Å². The van der Waals surface area contributed by atoms with Gasteiger partial charge in [-0.1, -0.05) is 6.92 Å². The van der Waals surface area contributed by atoms with Gasteiger partial charge in [0.2, 0.25) is 5.95 Å². The number of nitrogens with zero attached hydrogens (tertiary/aromatic N) is 3. The summed E-state index contributed by atoms with van der Waals surface area (Å²) in [4.78, 5) is 11.4. The molecule has 4 nitrogen and oxygen atoms in total. The number of hydrogen-bond donors (Lipinski definition) is 1. The molecule has 0 aromatic carbocycles. The second-order valence-electron chi connectivity index (χ2n) is 5.28. The number of hydrogen-bond acceptors (Lipinski definition) is 4. The molecule has 2 heterocycles. The van der Waals surface area contributed by atoms with Crippen molar-refractivity contribution in [2.45, 2.75) is 46.6 Å². The molecule has 0 radical (unpaired) electrons. The van der Waals surface area contributed by atoms with E-state index in [0.29, 0.717) is 6.04 Å². The first-order valence-corrected chi connectivity index (χ1v) is 6.97. The van der Waals surface area contributed by atoms with Gasteiger partial charge in [-0.25, -0.2) is 4.98 Å². The molecule has 2 rings (SSSR count). The first-order valence-electron chi connectivity index (χ1n) is 6.97. The number of aryl methyl sites for hydroxylation is 1. The topological polar surface area (TPSA) is 41.1 Å². The van der Waals surface area contributed by atoms with Gasteiger partial charge in [0.1, 0.15) is 5.82 Å². The third-order valence-corrected chi connectivity index (χ3v) is 3.93. The van der Waals surface area contributed by atoms with Crippen molar-refractivity contribution in [3.8, 4) is 0 Å². The molecule has 1 saturated heterocycles. The van der Waals surface area contributed by atoms with Crippen LogP contribution in [0.1, 0.15) is 39.2 Å². The summed E-state index contributed by atoms with van der Waals surface area (Å²) in [5.74, 6) is 2.57. The fourth-order valence-corrected chi connectivity index (χ4v) is 2.60. The number of rotatable bonds is 3. The fraction of sp³-hybridized carbons (Fsp3) is 0.714. The lowest BCUT2D eigenvalue weighted by Crippen LogP contribution is -2.43. The average Bonchev–Trinajstić information content (AvgIpc) is 2.36. The van der Waals surface area contributed by atoms with E-state index in [4.69, 9.17) is 0 Å². The molecule has 2 atom stereocenters. The van der Waals surface area contributed by atoms with Gasteiger partial charge in [0.25, 0.3) is 0 Å². The van der Waals surface area contributed by atoms with Gasteiger partial charge in [0.15, 0.2) is 0 Å². The molecule has 18 heavy (non-hydrogen) atoms. The molecular weight excluding hydrogens is 224 g/mol. The summed E-state index contributed by atoms with van der Waals surface area (Å²) < 4.78 is 0. The summed E-state index contributed by atoms with van der Waals surface area (Å²) in [6.45, 7) is 10.8. The van der Waals surface area contributed by atoms with E-state index in [1.165, 1.54) is 12.8 Å². The van der Waals surface area contributed by atoms with Crippen molar-refractivity contribution < 1.29 is 0 Å². The van der Waals surface area contributed by atoms with Crippen LogP contribution in [0.2, 0.25) is 0 Å². The lowest BCUT2D eigenvalue weighted by Gasteiger charge is -2.39. The summed E-state index contributed by atoms with van der Waals surface area (Å²) in [6, 6.07) is 0.557. The highest BCUT2D eigenvalue weighted by atomic mass is 15.3. The molecule has 0 saturated carbocycles. The van der Waals surface area contributed by atoms with E-state index in [9.17, 15) is 0 Å². The Morgan fingerprint density at radius 3 is 2.94 bits per heavy atom. The Bertz CT molecular complexity index is 405. The Labute approximate surface area is 110 Å². The molecular formula is C14H24N4. The highest BCUT2D eigenvalue weighted by molar-refractivity contribution is 5.50. The minimum Gasteiger partial charge on any atom is -0.354 e. The lowest BCUT2D eigenvalue weighted by atomic mass is 9.92. The molecule has 1 aromatic heterocycles. The van der Waals surface area contributed by atoms with Crippen molar-refractivity contribution in [1.29, 1.82) is 0 Å². The summed E-state index contributed by atoms with van der Waals surface area (Å²) in [5, 5.41) is 3.19. The maximum absolute atomic E-state index is 4.67. The van der Waals surface area contributed by atoms with Crippen LogP contribution < -0.4 is 10.2 Å². The van der Waals surface area contributed by atoms with E-state index in [0.717, 1.165) is 36.3 Å². The smallest absolute Gasteiger partial charge is 0.224 e. The molecule has 0 spiro atoms. The van der Waals surface area contributed by atoms with Gasteiger partial charge in [-0.05, 0) is 39.5 Å². The van der Waals surface area contributed by atoms with Crippen LogP contribution in [0, 0.1) is 12.8 Å². The lowest BCUT2D eigenvalue weighted by molar-refractivity contribution is 0.361. The highest BCUT2D eigenvalue weighted by Gasteiger charge is 2.26. The van der Waals surface area contributed by atoms with Crippen LogP contribution in [-0.4, -0.2) is 29.1 Å². The Balaban J connectivity index is 2.27. The fourth-order valence-electron chi connectivity index (χ4n) is 2.60. The van der Waals surface area contributed by atoms with Crippen molar-refractivity contribution in [1.82, 2.24) is 9.97 Å². The average molecular weight is 248 g/mol. The number of piperidine rings is 1. The first-order chi connectivity index (χ1) is 8.63. The zero-order valence-electron chi connectivity index (χ0n) is 11.9. The third kappa shape index (κ3) is 2.57. The summed E-state index contributed by atoms with van der Waals surface area (Å²) in [7, 11) is 0. The van der Waals surface area contributed by atoms with Crippen molar-refractivity contribution >= 4 is 11.8 Å². The van der Waals surface area contributed by atoms with Gasteiger partial charge in [-0.2, -0.15) is 4.98 Å². The monoisotopic (exact) mass is 248 g/mol. The van der Waals surface area contributed by atoms with E-state index in [1.54, 1.807) is 0 Å². The van der Waals surface area contributed by atoms with E-state index in [2.05, 4.69) is 47.9 Å². The largest absolute Gasteiger partial charge is 0.354 e. The second-order valence-corrected chi connectivity index (χ2v) is 5.28. The van der Waals surface area contributed by atoms with E-state index in [1.807, 2.05) is 6.20 Å². The number of anilines is 2. The molecule has 2 unspecified atom stereocenters. The van der Waals surface area contributed by atoms with Crippen LogP contribution >= 0.6 is 0 Å². The summed E-state index contributed by atoms with van der Waals surface area (Å²) in [6.07, 6.45) is 4.50. The van der Waals surface area contributed by atoms with E-state index in [-0.39, 0.29) is 0 Å². The van der Waals surface area contributed by atoms with Crippen LogP contribution in [0.5, 0.6) is 0 Å².